The fraction of sp³-hybridized carbons (Fsp3) is 0.158. The van der Waals surface area contributed by atoms with Crippen molar-refractivity contribution in [2.24, 2.45) is 0 Å². The molecule has 0 atom stereocenters. The van der Waals surface area contributed by atoms with Gasteiger partial charge in [-0.05, 0) is 50.2 Å². The normalized spacial score (nSPS) is 11.5. The Hall–Kier alpha value is -2.92. The lowest BCUT2D eigenvalue weighted by Crippen LogP contribution is -2.24. The maximum Gasteiger partial charge on any atom is 0.259 e. The van der Waals surface area contributed by atoms with Crippen LogP contribution in [-0.2, 0) is 10.0 Å². The van der Waals surface area contributed by atoms with Crippen LogP contribution in [0.5, 0.6) is 0 Å². The first-order valence-corrected chi connectivity index (χ1v) is 11.0. The number of hydrogen-bond acceptors (Lipinski definition) is 5. The third-order valence-electron chi connectivity index (χ3n) is 4.04. The van der Waals surface area contributed by atoms with E-state index in [-0.39, 0.29) is 16.4 Å². The highest BCUT2D eigenvalue weighted by Gasteiger charge is 2.21. The summed E-state index contributed by atoms with van der Waals surface area (Å²) in [5, 5.41) is 3.37. The summed E-state index contributed by atoms with van der Waals surface area (Å²) in [4.78, 5) is 16.8. The van der Waals surface area contributed by atoms with Gasteiger partial charge in [-0.15, -0.1) is 11.3 Å². The number of carbonyl (C=O) groups excluding carboxylic acids is 1. The number of aromatic nitrogens is 1. The molecule has 30 heavy (non-hydrogen) atoms. The van der Waals surface area contributed by atoms with Gasteiger partial charge in [0.25, 0.3) is 5.91 Å². The molecule has 2 aromatic carbocycles. The summed E-state index contributed by atoms with van der Waals surface area (Å²) in [5.74, 6) is -3.46. The zero-order valence-corrected chi connectivity index (χ0v) is 17.4. The van der Waals surface area contributed by atoms with Gasteiger partial charge >= 0.3 is 0 Å². The molecule has 1 heterocycles. The molecule has 158 valence electrons. The third kappa shape index (κ3) is 4.79. The van der Waals surface area contributed by atoms with E-state index in [1.165, 1.54) is 25.3 Å². The molecule has 0 bridgehead atoms. The molecule has 0 aliphatic heterocycles. The Morgan fingerprint density at radius 3 is 2.47 bits per heavy atom. The molecule has 1 aromatic heterocycles. The number of sulfonamides is 1. The van der Waals surface area contributed by atoms with Crippen LogP contribution in [0.2, 0.25) is 0 Å². The molecule has 0 unspecified atom stereocenters. The monoisotopic (exact) mass is 455 g/mol. The van der Waals surface area contributed by atoms with Crippen molar-refractivity contribution in [2.75, 3.05) is 10.0 Å². The Balaban J connectivity index is 1.85. The highest BCUT2D eigenvalue weighted by molar-refractivity contribution is 7.93. The Morgan fingerprint density at radius 2 is 1.80 bits per heavy atom. The van der Waals surface area contributed by atoms with E-state index in [9.17, 15) is 26.4 Å². The first kappa shape index (κ1) is 21.8. The molecule has 0 spiro atoms. The van der Waals surface area contributed by atoms with Gasteiger partial charge in [-0.3, -0.25) is 14.8 Å². The second-order valence-corrected chi connectivity index (χ2v) is 9.60. The quantitative estimate of drug-likeness (QED) is 0.567. The molecule has 3 rings (SSSR count). The smallest absolute Gasteiger partial charge is 0.259 e. The number of carbonyl (C=O) groups is 1. The highest BCUT2D eigenvalue weighted by atomic mass is 32.2. The number of nitrogens with zero attached hydrogens (tertiary/aromatic N) is 1. The molecular formula is C19H16F3N3O3S2. The van der Waals surface area contributed by atoms with Crippen molar-refractivity contribution in [2.45, 2.75) is 19.1 Å². The van der Waals surface area contributed by atoms with E-state index in [1.54, 1.807) is 0 Å². The predicted molar refractivity (Wildman–Crippen MR) is 109 cm³/mol. The van der Waals surface area contributed by atoms with Gasteiger partial charge in [0.05, 0.1) is 22.2 Å². The van der Waals surface area contributed by atoms with Crippen molar-refractivity contribution in [3.05, 3.63) is 64.8 Å². The second kappa shape index (κ2) is 8.44. The third-order valence-corrected chi connectivity index (χ3v) is 6.54. The van der Waals surface area contributed by atoms with Crippen LogP contribution in [0.3, 0.4) is 0 Å². The van der Waals surface area contributed by atoms with E-state index in [2.05, 4.69) is 15.0 Å². The first-order valence-electron chi connectivity index (χ1n) is 8.60. The van der Waals surface area contributed by atoms with Gasteiger partial charge in [0.2, 0.25) is 10.0 Å². The number of benzene rings is 2. The van der Waals surface area contributed by atoms with Crippen molar-refractivity contribution in [1.82, 2.24) is 4.98 Å². The minimum atomic E-state index is -3.81. The summed E-state index contributed by atoms with van der Waals surface area (Å²) in [6.07, 6.45) is 0. The van der Waals surface area contributed by atoms with Crippen molar-refractivity contribution >= 4 is 38.1 Å². The average molecular weight is 455 g/mol. The lowest BCUT2D eigenvalue weighted by molar-refractivity contribution is 0.102. The Labute approximate surface area is 174 Å². The molecule has 0 saturated carbocycles. The van der Waals surface area contributed by atoms with Crippen LogP contribution in [0.4, 0.5) is 24.0 Å². The van der Waals surface area contributed by atoms with Crippen molar-refractivity contribution in [1.29, 1.82) is 0 Å². The van der Waals surface area contributed by atoms with Crippen LogP contribution in [0.1, 0.15) is 24.2 Å². The first-order chi connectivity index (χ1) is 14.1. The SMILES string of the molecule is CC(C)S(=O)(=O)Nc1cc(F)ccc1C(=O)Nc1nc(-c2ccc(F)c(F)c2)cs1. The van der Waals surface area contributed by atoms with E-state index in [0.29, 0.717) is 11.3 Å². The van der Waals surface area contributed by atoms with Crippen LogP contribution in [0, 0.1) is 17.5 Å². The summed E-state index contributed by atoms with van der Waals surface area (Å²) >= 11 is 1.03. The lowest BCUT2D eigenvalue weighted by atomic mass is 10.1. The maximum absolute atomic E-state index is 13.6. The lowest BCUT2D eigenvalue weighted by Gasteiger charge is -2.14. The molecule has 2 N–H and O–H groups in total. The number of thiazole rings is 1. The van der Waals surface area contributed by atoms with Crippen molar-refractivity contribution < 1.29 is 26.4 Å². The number of hydrogen-bond donors (Lipinski definition) is 2. The Kier molecular flexibility index (Phi) is 6.13. The molecule has 3 aromatic rings. The minimum Gasteiger partial charge on any atom is -0.298 e. The van der Waals surface area contributed by atoms with Crippen LogP contribution in [0.25, 0.3) is 11.3 Å². The fourth-order valence-electron chi connectivity index (χ4n) is 2.35. The van der Waals surface area contributed by atoms with Crippen LogP contribution in [0.15, 0.2) is 41.8 Å². The van der Waals surface area contributed by atoms with E-state index in [1.807, 2.05) is 0 Å². The average Bonchev–Trinajstić information content (AvgIpc) is 3.12. The van der Waals surface area contributed by atoms with Gasteiger partial charge in [0.15, 0.2) is 16.8 Å². The summed E-state index contributed by atoms with van der Waals surface area (Å²) in [6, 6.07) is 6.37. The second-order valence-electron chi connectivity index (χ2n) is 6.51. The Morgan fingerprint density at radius 1 is 1.07 bits per heavy atom. The number of anilines is 2. The van der Waals surface area contributed by atoms with Gasteiger partial charge in [-0.25, -0.2) is 26.6 Å². The number of halogens is 3. The van der Waals surface area contributed by atoms with E-state index < -0.39 is 38.6 Å². The van der Waals surface area contributed by atoms with Crippen molar-refractivity contribution in [3.8, 4) is 11.3 Å². The molecule has 11 heteroatoms. The minimum absolute atomic E-state index is 0.106. The molecule has 6 nitrogen and oxygen atoms in total. The van der Waals surface area contributed by atoms with E-state index >= 15 is 0 Å². The molecule has 0 radical (unpaired) electrons. The molecular weight excluding hydrogens is 439 g/mol. The topological polar surface area (TPSA) is 88.2 Å². The number of nitrogens with one attached hydrogen (secondary N) is 2. The number of rotatable bonds is 6. The zero-order valence-electron chi connectivity index (χ0n) is 15.7. The van der Waals surface area contributed by atoms with Crippen LogP contribution in [-0.4, -0.2) is 24.6 Å². The van der Waals surface area contributed by atoms with Gasteiger partial charge in [-0.2, -0.15) is 0 Å². The standard InChI is InChI=1S/C19H16F3N3O3S2/c1-10(2)30(27,28)25-16-8-12(20)4-5-13(16)18(26)24-19-23-17(9-29-19)11-3-6-14(21)15(22)7-11/h3-10,25H,1-2H3,(H,23,24,26). The molecule has 0 aliphatic carbocycles. The molecule has 0 fully saturated rings. The summed E-state index contributed by atoms with van der Waals surface area (Å²) in [7, 11) is -3.81. The van der Waals surface area contributed by atoms with Gasteiger partial charge in [0.1, 0.15) is 5.82 Å². The predicted octanol–water partition coefficient (Wildman–Crippen LogP) is 4.63. The van der Waals surface area contributed by atoms with Crippen molar-refractivity contribution in [3.63, 3.8) is 0 Å². The largest absolute Gasteiger partial charge is 0.298 e. The highest BCUT2D eigenvalue weighted by Crippen LogP contribution is 2.27. The summed E-state index contributed by atoms with van der Waals surface area (Å²) in [6.45, 7) is 2.88. The molecule has 0 saturated heterocycles. The van der Waals surface area contributed by atoms with E-state index in [4.69, 9.17) is 0 Å². The van der Waals surface area contributed by atoms with Gasteiger partial charge in [0, 0.05) is 10.9 Å². The fourth-order valence-corrected chi connectivity index (χ4v) is 3.78. The molecule has 1 amide bonds. The van der Waals surface area contributed by atoms with Crippen LogP contribution < -0.4 is 10.0 Å². The van der Waals surface area contributed by atoms with Crippen LogP contribution >= 0.6 is 11.3 Å². The Bertz CT molecular complexity index is 1210. The summed E-state index contributed by atoms with van der Waals surface area (Å²) in [5.41, 5.74) is 0.315. The number of amides is 1. The molecule has 0 aliphatic rings. The van der Waals surface area contributed by atoms with E-state index in [0.717, 1.165) is 41.7 Å². The zero-order chi connectivity index (χ0) is 22.1. The van der Waals surface area contributed by atoms with Gasteiger partial charge < -0.3 is 0 Å². The maximum atomic E-state index is 13.6. The van der Waals surface area contributed by atoms with Gasteiger partial charge in [-0.1, -0.05) is 0 Å². The summed E-state index contributed by atoms with van der Waals surface area (Å²) < 4.78 is 66.6.